The van der Waals surface area contributed by atoms with Crippen molar-refractivity contribution in [2.75, 3.05) is 6.26 Å². The number of aromatic nitrogens is 2. The van der Waals surface area contributed by atoms with Gasteiger partial charge in [-0.15, -0.1) is 0 Å². The predicted octanol–water partition coefficient (Wildman–Crippen LogP) is -0.755. The van der Waals surface area contributed by atoms with Gasteiger partial charge in [0.2, 0.25) is 6.33 Å². The molecule has 0 aliphatic heterocycles. The minimum Gasteiger partial charge on any atom is -0.748 e. The van der Waals surface area contributed by atoms with E-state index in [4.69, 9.17) is 13.0 Å². The van der Waals surface area contributed by atoms with Gasteiger partial charge in [-0.2, -0.15) is 0 Å². The minimum absolute atomic E-state index is 0.604. The normalized spacial score (nSPS) is 11.9. The van der Waals surface area contributed by atoms with Crippen LogP contribution in [0.4, 0.5) is 0 Å². The summed E-state index contributed by atoms with van der Waals surface area (Å²) < 4.78 is 31.1. The highest BCUT2D eigenvalue weighted by molar-refractivity contribution is 7.84. The molecular formula is C9H18N2O4S. The van der Waals surface area contributed by atoms with Crippen molar-refractivity contribution in [2.24, 2.45) is 7.05 Å². The van der Waals surface area contributed by atoms with E-state index in [0.717, 1.165) is 0 Å². The van der Waals surface area contributed by atoms with Gasteiger partial charge in [0.15, 0.2) is 0 Å². The van der Waals surface area contributed by atoms with Crippen LogP contribution >= 0.6 is 0 Å². The molecule has 0 atom stereocenters. The van der Waals surface area contributed by atoms with E-state index in [-0.39, 0.29) is 0 Å². The van der Waals surface area contributed by atoms with Crippen molar-refractivity contribution >= 4 is 10.1 Å². The third-order valence-electron chi connectivity index (χ3n) is 1.39. The maximum Gasteiger partial charge on any atom is 0.243 e. The molecule has 0 unspecified atom stereocenters. The van der Waals surface area contributed by atoms with E-state index in [1.54, 1.807) is 13.8 Å². The van der Waals surface area contributed by atoms with Crippen LogP contribution in [0.25, 0.3) is 0 Å². The maximum atomic E-state index is 9.45. The SMILES string of the molecule is CS(=O)(=O)[O-].C[n+]1ccn(CC(C)(C)O)c1. The van der Waals surface area contributed by atoms with E-state index in [1.165, 1.54) is 0 Å². The maximum absolute atomic E-state index is 9.45. The Bertz CT molecular complexity index is 409. The van der Waals surface area contributed by atoms with Crippen LogP contribution in [0.2, 0.25) is 0 Å². The zero-order valence-electron chi connectivity index (χ0n) is 9.91. The smallest absolute Gasteiger partial charge is 0.243 e. The molecule has 0 aliphatic carbocycles. The molecule has 1 rings (SSSR count). The van der Waals surface area contributed by atoms with Gasteiger partial charge in [0.1, 0.15) is 18.9 Å². The van der Waals surface area contributed by atoms with Gasteiger partial charge in [-0.3, -0.25) is 0 Å². The van der Waals surface area contributed by atoms with Gasteiger partial charge in [0.25, 0.3) is 0 Å². The van der Waals surface area contributed by atoms with Gasteiger partial charge in [0, 0.05) is 6.26 Å². The summed E-state index contributed by atoms with van der Waals surface area (Å²) in [7, 11) is -1.96. The molecule has 0 fully saturated rings. The second-order valence-electron chi connectivity index (χ2n) is 4.27. The average molecular weight is 250 g/mol. The monoisotopic (exact) mass is 250 g/mol. The molecule has 0 amide bonds. The molecule has 1 N–H and O–H groups in total. The molecule has 16 heavy (non-hydrogen) atoms. The number of imidazole rings is 1. The van der Waals surface area contributed by atoms with E-state index in [0.29, 0.717) is 12.8 Å². The molecule has 0 aromatic carbocycles. The van der Waals surface area contributed by atoms with E-state index >= 15 is 0 Å². The number of aliphatic hydroxyl groups is 1. The topological polar surface area (TPSA) is 86.2 Å². The molecule has 1 aromatic rings. The Kier molecular flexibility index (Phi) is 5.11. The molecule has 94 valence electrons. The van der Waals surface area contributed by atoms with E-state index in [9.17, 15) is 5.11 Å². The Labute approximate surface area is 95.9 Å². The first-order valence-corrected chi connectivity index (χ1v) is 6.43. The lowest BCUT2D eigenvalue weighted by Gasteiger charge is -2.13. The molecule has 0 bridgehead atoms. The molecular weight excluding hydrogens is 232 g/mol. The number of rotatable bonds is 2. The third-order valence-corrected chi connectivity index (χ3v) is 1.39. The van der Waals surface area contributed by atoms with Crippen molar-refractivity contribution in [3.05, 3.63) is 18.7 Å². The fourth-order valence-corrected chi connectivity index (χ4v) is 1.04. The molecule has 1 heterocycles. The van der Waals surface area contributed by atoms with Gasteiger partial charge in [-0.25, -0.2) is 17.6 Å². The highest BCUT2D eigenvalue weighted by Crippen LogP contribution is 2.03. The lowest BCUT2D eigenvalue weighted by Crippen LogP contribution is -2.28. The van der Waals surface area contributed by atoms with Crippen LogP contribution < -0.4 is 4.57 Å². The van der Waals surface area contributed by atoms with Crippen molar-refractivity contribution in [2.45, 2.75) is 26.0 Å². The number of hydrogen-bond acceptors (Lipinski definition) is 4. The van der Waals surface area contributed by atoms with Gasteiger partial charge >= 0.3 is 0 Å². The van der Waals surface area contributed by atoms with Crippen LogP contribution in [0.5, 0.6) is 0 Å². The Morgan fingerprint density at radius 3 is 2.19 bits per heavy atom. The Morgan fingerprint density at radius 1 is 1.50 bits per heavy atom. The van der Waals surface area contributed by atoms with Crippen molar-refractivity contribution in [1.82, 2.24) is 4.57 Å². The third kappa shape index (κ3) is 11.2. The summed E-state index contributed by atoms with van der Waals surface area (Å²) in [5.41, 5.74) is -0.633. The summed E-state index contributed by atoms with van der Waals surface area (Å²) in [5.74, 6) is 0. The van der Waals surface area contributed by atoms with Crippen molar-refractivity contribution in [3.63, 3.8) is 0 Å². The Morgan fingerprint density at radius 2 is 1.94 bits per heavy atom. The summed E-state index contributed by atoms with van der Waals surface area (Å²) in [5, 5.41) is 9.45. The average Bonchev–Trinajstić information content (AvgIpc) is 2.27. The lowest BCUT2D eigenvalue weighted by atomic mass is 10.1. The Hall–Kier alpha value is -0.920. The second kappa shape index (κ2) is 5.42. The van der Waals surface area contributed by atoms with Crippen LogP contribution in [0.3, 0.4) is 0 Å². The summed E-state index contributed by atoms with van der Waals surface area (Å²) in [4.78, 5) is 0. The number of nitrogens with zero attached hydrogens (tertiary/aromatic N) is 2. The molecule has 1 aromatic heterocycles. The van der Waals surface area contributed by atoms with Gasteiger partial charge < -0.3 is 9.66 Å². The first-order valence-electron chi connectivity index (χ1n) is 4.61. The number of hydrogen-bond donors (Lipinski definition) is 1. The second-order valence-corrected chi connectivity index (χ2v) is 5.68. The number of aryl methyl sites for hydroxylation is 1. The Balaban J connectivity index is 0.000000385. The van der Waals surface area contributed by atoms with Gasteiger partial charge in [-0.1, -0.05) is 0 Å². The predicted molar refractivity (Wildman–Crippen MR) is 57.5 cm³/mol. The highest BCUT2D eigenvalue weighted by atomic mass is 32.2. The lowest BCUT2D eigenvalue weighted by molar-refractivity contribution is -0.671. The summed E-state index contributed by atoms with van der Waals surface area (Å²) in [6.45, 7) is 4.23. The summed E-state index contributed by atoms with van der Waals surface area (Å²) >= 11 is 0. The van der Waals surface area contributed by atoms with Crippen LogP contribution in [0, 0.1) is 0 Å². The summed E-state index contributed by atoms with van der Waals surface area (Å²) in [6.07, 6.45) is 6.44. The van der Waals surface area contributed by atoms with Crippen molar-refractivity contribution in [3.8, 4) is 0 Å². The molecule has 0 spiro atoms. The first-order chi connectivity index (χ1) is 6.97. The summed E-state index contributed by atoms with van der Waals surface area (Å²) in [6, 6.07) is 0. The standard InChI is InChI=1S/C8H15N2O.CH4O3S/c1-8(2,11)6-10-5-4-9(3)7-10;1-5(2,3)4/h4-5,7,11H,6H2,1-3H3;1H3,(H,2,3,4)/q+1;/p-1. The van der Waals surface area contributed by atoms with Crippen LogP contribution in [0.15, 0.2) is 18.7 Å². The fourth-order valence-electron chi connectivity index (χ4n) is 1.04. The van der Waals surface area contributed by atoms with Gasteiger partial charge in [0.05, 0.1) is 22.8 Å². The highest BCUT2D eigenvalue weighted by Gasteiger charge is 2.16. The molecule has 0 radical (unpaired) electrons. The van der Waals surface area contributed by atoms with E-state index in [1.807, 2.05) is 34.9 Å². The molecule has 0 saturated heterocycles. The van der Waals surface area contributed by atoms with Crippen molar-refractivity contribution < 1.29 is 22.6 Å². The van der Waals surface area contributed by atoms with Crippen LogP contribution in [-0.4, -0.2) is 34.5 Å². The molecule has 7 heteroatoms. The van der Waals surface area contributed by atoms with Gasteiger partial charge in [-0.05, 0) is 13.8 Å². The van der Waals surface area contributed by atoms with Crippen LogP contribution in [0.1, 0.15) is 13.8 Å². The molecule has 6 nitrogen and oxygen atoms in total. The van der Waals surface area contributed by atoms with Crippen molar-refractivity contribution in [1.29, 1.82) is 0 Å². The largest absolute Gasteiger partial charge is 0.748 e. The van der Waals surface area contributed by atoms with E-state index in [2.05, 4.69) is 0 Å². The quantitative estimate of drug-likeness (QED) is 0.552. The zero-order chi connectivity index (χ0) is 13.0. The molecule has 0 saturated carbocycles. The zero-order valence-corrected chi connectivity index (χ0v) is 10.7. The molecule has 0 aliphatic rings. The minimum atomic E-state index is -3.92. The first kappa shape index (κ1) is 15.1. The van der Waals surface area contributed by atoms with E-state index < -0.39 is 15.7 Å². The fraction of sp³-hybridized carbons (Fsp3) is 0.667. The van der Waals surface area contributed by atoms with Crippen LogP contribution in [-0.2, 0) is 23.7 Å².